The van der Waals surface area contributed by atoms with Gasteiger partial charge in [0.05, 0.1) is 11.4 Å². The molecule has 0 unspecified atom stereocenters. The number of rotatable bonds is 2. The first-order chi connectivity index (χ1) is 18.8. The molecule has 0 aliphatic carbocycles. The van der Waals surface area contributed by atoms with Gasteiger partial charge in [-0.3, -0.25) is 0 Å². The zero-order chi connectivity index (χ0) is 25.6. The third-order valence-corrected chi connectivity index (χ3v) is 8.84. The SMILES string of the molecule is c1ccc2cc(N=C(N3CCCCC3)N3CCCCC3)c(N=C(N3CCCCC3)N3CCCCC3)cc2c1. The molecule has 4 aliphatic heterocycles. The minimum Gasteiger partial charge on any atom is -0.343 e. The van der Waals surface area contributed by atoms with E-state index in [1.54, 1.807) is 0 Å². The lowest BCUT2D eigenvalue weighted by Crippen LogP contribution is -2.48. The van der Waals surface area contributed by atoms with Gasteiger partial charge in [-0.15, -0.1) is 0 Å². The van der Waals surface area contributed by atoms with E-state index in [0.29, 0.717) is 0 Å². The van der Waals surface area contributed by atoms with Crippen LogP contribution in [0.15, 0.2) is 46.4 Å². The first kappa shape index (κ1) is 25.5. The zero-order valence-electron chi connectivity index (χ0n) is 23.3. The van der Waals surface area contributed by atoms with Crippen molar-refractivity contribution in [3.05, 3.63) is 36.4 Å². The molecule has 0 atom stereocenters. The van der Waals surface area contributed by atoms with Gasteiger partial charge in [0, 0.05) is 52.4 Å². The molecule has 0 saturated carbocycles. The Morgan fingerprint density at radius 2 is 0.711 bits per heavy atom. The molecule has 6 rings (SSSR count). The minimum atomic E-state index is 1.03. The average Bonchev–Trinajstić information content (AvgIpc) is 3.00. The van der Waals surface area contributed by atoms with Gasteiger partial charge in [0.2, 0.25) is 11.9 Å². The van der Waals surface area contributed by atoms with Crippen molar-refractivity contribution in [3.8, 4) is 0 Å². The van der Waals surface area contributed by atoms with E-state index < -0.39 is 0 Å². The van der Waals surface area contributed by atoms with Gasteiger partial charge in [0.1, 0.15) is 0 Å². The standard InChI is InChI=1S/C32H46N6/c1-7-17-35(18-8-1)31(36-19-9-2-10-20-36)33-29-25-27-15-5-6-16-28(27)26-30(29)34-32(37-21-11-3-12-22-37)38-23-13-4-14-24-38/h5-6,15-16,25-26H,1-4,7-14,17-24H2. The molecule has 0 bridgehead atoms. The molecule has 0 amide bonds. The Morgan fingerprint density at radius 1 is 0.421 bits per heavy atom. The predicted octanol–water partition coefficient (Wildman–Crippen LogP) is 6.76. The van der Waals surface area contributed by atoms with Crippen LogP contribution in [0.25, 0.3) is 10.8 Å². The maximum Gasteiger partial charge on any atom is 0.201 e. The van der Waals surface area contributed by atoms with Crippen LogP contribution < -0.4 is 0 Å². The number of hydrogen-bond donors (Lipinski definition) is 0. The van der Waals surface area contributed by atoms with E-state index in [4.69, 9.17) is 9.98 Å². The Hall–Kier alpha value is -2.76. The lowest BCUT2D eigenvalue weighted by atomic mass is 10.1. The summed E-state index contributed by atoms with van der Waals surface area (Å²) in [7, 11) is 0. The molecule has 0 N–H and O–H groups in total. The van der Waals surface area contributed by atoms with Crippen molar-refractivity contribution in [3.63, 3.8) is 0 Å². The number of likely N-dealkylation sites (tertiary alicyclic amines) is 4. The van der Waals surface area contributed by atoms with Crippen LogP contribution in [0.3, 0.4) is 0 Å². The smallest absolute Gasteiger partial charge is 0.201 e. The van der Waals surface area contributed by atoms with Gasteiger partial charge in [-0.05, 0) is 100.0 Å². The second kappa shape index (κ2) is 12.4. The summed E-state index contributed by atoms with van der Waals surface area (Å²) in [6, 6.07) is 13.3. The fraction of sp³-hybridized carbons (Fsp3) is 0.625. The van der Waals surface area contributed by atoms with Crippen LogP contribution in [-0.4, -0.2) is 83.9 Å². The monoisotopic (exact) mass is 514 g/mol. The van der Waals surface area contributed by atoms with Gasteiger partial charge >= 0.3 is 0 Å². The summed E-state index contributed by atoms with van der Waals surface area (Å²) in [5, 5.41) is 2.50. The second-order valence-corrected chi connectivity index (χ2v) is 11.7. The van der Waals surface area contributed by atoms with Gasteiger partial charge in [-0.1, -0.05) is 24.3 Å². The molecule has 4 heterocycles. The molecule has 4 aliphatic rings. The Balaban J connectivity index is 1.46. The number of fused-ring (bicyclic) bond motifs is 1. The largest absolute Gasteiger partial charge is 0.343 e. The van der Waals surface area contributed by atoms with Crippen molar-refractivity contribution in [2.75, 3.05) is 52.4 Å². The highest BCUT2D eigenvalue weighted by molar-refractivity contribution is 5.95. The van der Waals surface area contributed by atoms with Crippen LogP contribution in [0, 0.1) is 0 Å². The first-order valence-electron chi connectivity index (χ1n) is 15.6. The van der Waals surface area contributed by atoms with Crippen molar-refractivity contribution < 1.29 is 0 Å². The topological polar surface area (TPSA) is 37.7 Å². The van der Waals surface area contributed by atoms with Crippen LogP contribution in [0.2, 0.25) is 0 Å². The van der Waals surface area contributed by atoms with E-state index in [1.165, 1.54) is 99.7 Å². The highest BCUT2D eigenvalue weighted by Crippen LogP contribution is 2.35. The number of hydrogen-bond acceptors (Lipinski definition) is 2. The second-order valence-electron chi connectivity index (χ2n) is 11.7. The normalized spacial score (nSPS) is 20.9. The lowest BCUT2D eigenvalue weighted by Gasteiger charge is -2.39. The van der Waals surface area contributed by atoms with Crippen molar-refractivity contribution in [2.45, 2.75) is 77.0 Å². The molecule has 4 fully saturated rings. The summed E-state index contributed by atoms with van der Waals surface area (Å²) < 4.78 is 0. The fourth-order valence-electron chi connectivity index (χ4n) is 6.67. The van der Waals surface area contributed by atoms with Crippen LogP contribution in [0.1, 0.15) is 77.0 Å². The van der Waals surface area contributed by atoms with Gasteiger partial charge in [-0.2, -0.15) is 0 Å². The number of piperidine rings is 4. The number of benzene rings is 2. The number of aliphatic imine (C=N–C) groups is 2. The summed E-state index contributed by atoms with van der Waals surface area (Å²) in [4.78, 5) is 21.3. The van der Waals surface area contributed by atoms with Gasteiger partial charge in [0.25, 0.3) is 0 Å². The summed E-state index contributed by atoms with van der Waals surface area (Å²) in [5.41, 5.74) is 2.06. The molecule has 4 saturated heterocycles. The molecule has 0 aromatic heterocycles. The predicted molar refractivity (Wildman–Crippen MR) is 160 cm³/mol. The molecule has 0 spiro atoms. The van der Waals surface area contributed by atoms with Crippen LogP contribution in [0.4, 0.5) is 11.4 Å². The van der Waals surface area contributed by atoms with Crippen LogP contribution >= 0.6 is 0 Å². The van der Waals surface area contributed by atoms with Crippen LogP contribution in [0.5, 0.6) is 0 Å². The highest BCUT2D eigenvalue weighted by atomic mass is 15.4. The Bertz CT molecular complexity index is 987. The van der Waals surface area contributed by atoms with Gasteiger partial charge < -0.3 is 19.6 Å². The number of nitrogens with zero attached hydrogens (tertiary/aromatic N) is 6. The first-order valence-corrected chi connectivity index (χ1v) is 15.6. The lowest BCUT2D eigenvalue weighted by molar-refractivity contribution is 0.257. The molecule has 2 aromatic rings. The maximum atomic E-state index is 5.52. The fourth-order valence-corrected chi connectivity index (χ4v) is 6.67. The van der Waals surface area contributed by atoms with Crippen molar-refractivity contribution in [1.29, 1.82) is 0 Å². The Morgan fingerprint density at radius 3 is 1.00 bits per heavy atom. The molecule has 38 heavy (non-hydrogen) atoms. The Kier molecular flexibility index (Phi) is 8.32. The van der Waals surface area contributed by atoms with Gasteiger partial charge in [0.15, 0.2) is 0 Å². The quantitative estimate of drug-likeness (QED) is 0.328. The van der Waals surface area contributed by atoms with E-state index >= 15 is 0 Å². The van der Waals surface area contributed by atoms with E-state index in [9.17, 15) is 0 Å². The Labute approximate surface area is 229 Å². The van der Waals surface area contributed by atoms with Crippen molar-refractivity contribution >= 4 is 34.1 Å². The average molecular weight is 515 g/mol. The third kappa shape index (κ3) is 5.94. The van der Waals surface area contributed by atoms with Crippen molar-refractivity contribution in [1.82, 2.24) is 19.6 Å². The van der Waals surface area contributed by atoms with Crippen LogP contribution in [-0.2, 0) is 0 Å². The minimum absolute atomic E-state index is 1.03. The van der Waals surface area contributed by atoms with E-state index in [2.05, 4.69) is 56.0 Å². The summed E-state index contributed by atoms with van der Waals surface area (Å²) >= 11 is 0. The molecule has 204 valence electrons. The molecular weight excluding hydrogens is 468 g/mol. The van der Waals surface area contributed by atoms with Crippen molar-refractivity contribution in [2.24, 2.45) is 9.98 Å². The third-order valence-electron chi connectivity index (χ3n) is 8.84. The van der Waals surface area contributed by atoms with E-state index in [-0.39, 0.29) is 0 Å². The maximum absolute atomic E-state index is 5.52. The molecular formula is C32H46N6. The summed E-state index contributed by atoms with van der Waals surface area (Å²) in [6.07, 6.45) is 15.5. The highest BCUT2D eigenvalue weighted by Gasteiger charge is 2.25. The molecule has 0 radical (unpaired) electrons. The molecule has 2 aromatic carbocycles. The van der Waals surface area contributed by atoms with E-state index in [0.717, 1.165) is 63.7 Å². The van der Waals surface area contributed by atoms with E-state index in [1.807, 2.05) is 0 Å². The summed E-state index contributed by atoms with van der Waals surface area (Å²) in [5.74, 6) is 2.38. The number of guanidine groups is 2. The summed E-state index contributed by atoms with van der Waals surface area (Å²) in [6.45, 7) is 8.95. The molecule has 6 nitrogen and oxygen atoms in total. The zero-order valence-corrected chi connectivity index (χ0v) is 23.3. The van der Waals surface area contributed by atoms with Gasteiger partial charge in [-0.25, -0.2) is 9.98 Å². The molecule has 6 heteroatoms.